The van der Waals surface area contributed by atoms with Crippen molar-refractivity contribution in [3.63, 3.8) is 0 Å². The Morgan fingerprint density at radius 2 is 1.91 bits per heavy atom. The standard InChI is InChI=1S/C16H21ClN4O/c1-11(2)15-8-14(22-21-15)10-20-16(18-3)19-9-12-4-6-13(17)7-5-12/h4-8,11H,9-10H2,1-3H3,(H2,18,19,20). The third-order valence-electron chi connectivity index (χ3n) is 3.20. The maximum absolute atomic E-state index is 5.87. The Labute approximate surface area is 135 Å². The molecule has 0 saturated carbocycles. The van der Waals surface area contributed by atoms with Crippen molar-refractivity contribution in [1.82, 2.24) is 15.8 Å². The van der Waals surface area contributed by atoms with E-state index in [0.29, 0.717) is 25.0 Å². The highest BCUT2D eigenvalue weighted by atomic mass is 35.5. The molecule has 2 rings (SSSR count). The van der Waals surface area contributed by atoms with Gasteiger partial charge in [0.2, 0.25) is 0 Å². The summed E-state index contributed by atoms with van der Waals surface area (Å²) >= 11 is 5.87. The van der Waals surface area contributed by atoms with Gasteiger partial charge < -0.3 is 15.2 Å². The molecule has 0 saturated heterocycles. The lowest BCUT2D eigenvalue weighted by molar-refractivity contribution is 0.372. The SMILES string of the molecule is CN=C(NCc1ccc(Cl)cc1)NCc1cc(C(C)C)no1. The largest absolute Gasteiger partial charge is 0.359 e. The van der Waals surface area contributed by atoms with Crippen molar-refractivity contribution < 1.29 is 4.52 Å². The van der Waals surface area contributed by atoms with E-state index in [2.05, 4.69) is 34.6 Å². The van der Waals surface area contributed by atoms with E-state index < -0.39 is 0 Å². The molecule has 1 aromatic carbocycles. The minimum absolute atomic E-state index is 0.361. The number of hydrogen-bond donors (Lipinski definition) is 2. The second-order valence-electron chi connectivity index (χ2n) is 5.28. The summed E-state index contributed by atoms with van der Waals surface area (Å²) in [6, 6.07) is 9.67. The molecule has 0 unspecified atom stereocenters. The van der Waals surface area contributed by atoms with Crippen LogP contribution in [0.1, 0.15) is 36.8 Å². The van der Waals surface area contributed by atoms with Gasteiger partial charge >= 0.3 is 0 Å². The van der Waals surface area contributed by atoms with Crippen LogP contribution in [0.2, 0.25) is 5.02 Å². The van der Waals surface area contributed by atoms with Gasteiger partial charge in [-0.1, -0.05) is 42.7 Å². The number of nitrogens with one attached hydrogen (secondary N) is 2. The molecule has 0 amide bonds. The summed E-state index contributed by atoms with van der Waals surface area (Å²) in [4.78, 5) is 4.18. The Hall–Kier alpha value is -2.01. The molecule has 0 radical (unpaired) electrons. The lowest BCUT2D eigenvalue weighted by Crippen LogP contribution is -2.36. The lowest BCUT2D eigenvalue weighted by Gasteiger charge is -2.10. The molecule has 2 N–H and O–H groups in total. The third kappa shape index (κ3) is 4.77. The third-order valence-corrected chi connectivity index (χ3v) is 3.45. The first-order valence-electron chi connectivity index (χ1n) is 7.23. The van der Waals surface area contributed by atoms with Crippen LogP contribution in [0.25, 0.3) is 0 Å². The van der Waals surface area contributed by atoms with Crippen LogP contribution in [0.3, 0.4) is 0 Å². The van der Waals surface area contributed by atoms with Crippen molar-refractivity contribution in [2.24, 2.45) is 4.99 Å². The number of rotatable bonds is 5. The van der Waals surface area contributed by atoms with E-state index in [9.17, 15) is 0 Å². The Kier molecular flexibility index (Phi) is 5.83. The van der Waals surface area contributed by atoms with Gasteiger partial charge in [0.1, 0.15) is 0 Å². The molecule has 22 heavy (non-hydrogen) atoms. The van der Waals surface area contributed by atoms with Crippen LogP contribution in [0.15, 0.2) is 39.8 Å². The Balaban J connectivity index is 1.83. The Morgan fingerprint density at radius 3 is 2.50 bits per heavy atom. The van der Waals surface area contributed by atoms with Crippen molar-refractivity contribution in [3.8, 4) is 0 Å². The molecule has 1 aromatic heterocycles. The van der Waals surface area contributed by atoms with Crippen LogP contribution in [-0.2, 0) is 13.1 Å². The molecule has 0 bridgehead atoms. The van der Waals surface area contributed by atoms with Crippen LogP contribution in [0.5, 0.6) is 0 Å². The second kappa shape index (κ2) is 7.84. The second-order valence-corrected chi connectivity index (χ2v) is 5.72. The van der Waals surface area contributed by atoms with Gasteiger partial charge in [-0.3, -0.25) is 4.99 Å². The average molecular weight is 321 g/mol. The summed E-state index contributed by atoms with van der Waals surface area (Å²) < 4.78 is 5.29. The molecule has 1 heterocycles. The zero-order valence-electron chi connectivity index (χ0n) is 13.1. The topological polar surface area (TPSA) is 62.5 Å². The van der Waals surface area contributed by atoms with Gasteiger partial charge in [-0.2, -0.15) is 0 Å². The zero-order chi connectivity index (χ0) is 15.9. The first-order valence-corrected chi connectivity index (χ1v) is 7.60. The molecule has 6 heteroatoms. The van der Waals surface area contributed by atoms with E-state index in [1.807, 2.05) is 30.3 Å². The number of aliphatic imine (C=N–C) groups is 1. The molecule has 2 aromatic rings. The van der Waals surface area contributed by atoms with Crippen molar-refractivity contribution in [2.45, 2.75) is 32.9 Å². The number of hydrogen-bond acceptors (Lipinski definition) is 3. The van der Waals surface area contributed by atoms with Crippen LogP contribution in [0, 0.1) is 0 Å². The van der Waals surface area contributed by atoms with E-state index in [0.717, 1.165) is 22.0 Å². The Bertz CT molecular complexity index is 619. The summed E-state index contributed by atoms with van der Waals surface area (Å²) in [6.07, 6.45) is 0. The Morgan fingerprint density at radius 1 is 1.23 bits per heavy atom. The summed E-state index contributed by atoms with van der Waals surface area (Å²) in [5.74, 6) is 1.86. The van der Waals surface area contributed by atoms with E-state index in [4.69, 9.17) is 16.1 Å². The van der Waals surface area contributed by atoms with E-state index in [1.165, 1.54) is 0 Å². The number of nitrogens with zero attached hydrogens (tertiary/aromatic N) is 2. The number of benzene rings is 1. The maximum atomic E-state index is 5.87. The fourth-order valence-corrected chi connectivity index (χ4v) is 1.99. The highest BCUT2D eigenvalue weighted by molar-refractivity contribution is 6.30. The molecule has 118 valence electrons. The molecule has 0 spiro atoms. The highest BCUT2D eigenvalue weighted by Crippen LogP contribution is 2.13. The van der Waals surface area contributed by atoms with Gasteiger partial charge in [-0.05, 0) is 23.6 Å². The minimum Gasteiger partial charge on any atom is -0.359 e. The molecule has 5 nitrogen and oxygen atoms in total. The van der Waals surface area contributed by atoms with Crippen LogP contribution < -0.4 is 10.6 Å². The predicted molar refractivity (Wildman–Crippen MR) is 89.1 cm³/mol. The summed E-state index contributed by atoms with van der Waals surface area (Å²) in [5, 5.41) is 11.2. The van der Waals surface area contributed by atoms with Gasteiger partial charge in [0.25, 0.3) is 0 Å². The fourth-order valence-electron chi connectivity index (χ4n) is 1.86. The van der Waals surface area contributed by atoms with Crippen molar-refractivity contribution in [3.05, 3.63) is 52.4 Å². The molecule has 0 atom stereocenters. The first kappa shape index (κ1) is 16.4. The lowest BCUT2D eigenvalue weighted by atomic mass is 10.1. The summed E-state index contributed by atoms with van der Waals surface area (Å²) in [5.41, 5.74) is 2.09. The summed E-state index contributed by atoms with van der Waals surface area (Å²) in [7, 11) is 1.73. The number of halogens is 1. The molecular formula is C16H21ClN4O. The smallest absolute Gasteiger partial charge is 0.191 e. The molecular weight excluding hydrogens is 300 g/mol. The fraction of sp³-hybridized carbons (Fsp3) is 0.375. The van der Waals surface area contributed by atoms with Gasteiger partial charge in [-0.25, -0.2) is 0 Å². The molecule has 0 aliphatic rings. The van der Waals surface area contributed by atoms with Crippen molar-refractivity contribution in [1.29, 1.82) is 0 Å². The molecule has 0 aliphatic heterocycles. The van der Waals surface area contributed by atoms with E-state index >= 15 is 0 Å². The van der Waals surface area contributed by atoms with E-state index in [-0.39, 0.29) is 0 Å². The van der Waals surface area contributed by atoms with Crippen molar-refractivity contribution >= 4 is 17.6 Å². The van der Waals surface area contributed by atoms with Crippen LogP contribution in [-0.4, -0.2) is 18.2 Å². The maximum Gasteiger partial charge on any atom is 0.191 e. The van der Waals surface area contributed by atoms with Crippen LogP contribution in [0.4, 0.5) is 0 Å². The van der Waals surface area contributed by atoms with E-state index in [1.54, 1.807) is 7.05 Å². The number of guanidine groups is 1. The van der Waals surface area contributed by atoms with Crippen LogP contribution >= 0.6 is 11.6 Å². The first-order chi connectivity index (χ1) is 10.6. The predicted octanol–water partition coefficient (Wildman–Crippen LogP) is 3.32. The van der Waals surface area contributed by atoms with Gasteiger partial charge in [0.15, 0.2) is 11.7 Å². The van der Waals surface area contributed by atoms with Gasteiger partial charge in [0.05, 0.1) is 12.2 Å². The quantitative estimate of drug-likeness (QED) is 0.655. The van der Waals surface area contributed by atoms with Gasteiger partial charge in [-0.15, -0.1) is 0 Å². The monoisotopic (exact) mass is 320 g/mol. The number of aromatic nitrogens is 1. The molecule has 0 aliphatic carbocycles. The van der Waals surface area contributed by atoms with Crippen molar-refractivity contribution in [2.75, 3.05) is 7.05 Å². The molecule has 0 fully saturated rings. The zero-order valence-corrected chi connectivity index (χ0v) is 13.8. The normalized spacial score (nSPS) is 11.8. The summed E-state index contributed by atoms with van der Waals surface area (Å²) in [6.45, 7) is 5.38. The highest BCUT2D eigenvalue weighted by Gasteiger charge is 2.08. The average Bonchev–Trinajstić information content (AvgIpc) is 2.98. The van der Waals surface area contributed by atoms with Gasteiger partial charge in [0, 0.05) is 24.7 Å². The minimum atomic E-state index is 0.361.